The van der Waals surface area contributed by atoms with Gasteiger partial charge in [-0.25, -0.2) is 0 Å². The minimum atomic E-state index is -0.565. The molecule has 0 unspecified atom stereocenters. The Bertz CT molecular complexity index is 2190. The van der Waals surface area contributed by atoms with E-state index in [1.165, 1.54) is 17.8 Å². The lowest BCUT2D eigenvalue weighted by Gasteiger charge is -2.18. The number of rotatable bonds is 11. The van der Waals surface area contributed by atoms with Crippen LogP contribution in [0.3, 0.4) is 0 Å². The van der Waals surface area contributed by atoms with Crippen LogP contribution < -0.4 is 16.0 Å². The van der Waals surface area contributed by atoms with Crippen molar-refractivity contribution in [3.63, 3.8) is 0 Å². The summed E-state index contributed by atoms with van der Waals surface area (Å²) in [5.41, 5.74) is 4.11. The number of anilines is 2. The van der Waals surface area contributed by atoms with Crippen LogP contribution in [0.2, 0.25) is 5.02 Å². The summed E-state index contributed by atoms with van der Waals surface area (Å²) in [6, 6.07) is 41.9. The molecule has 1 atom stereocenters. The number of carbonyl (C=O) groups excluding carboxylic acids is 3. The molecule has 0 bridgehead atoms. The first kappa shape index (κ1) is 35.5. The van der Waals surface area contributed by atoms with E-state index in [9.17, 15) is 14.4 Å². The normalized spacial score (nSPS) is 11.8. The smallest absolute Gasteiger partial charge is 0.272 e. The third-order valence-electron chi connectivity index (χ3n) is 7.72. The first-order valence-corrected chi connectivity index (χ1v) is 17.9. The first-order chi connectivity index (χ1) is 24.7. The van der Waals surface area contributed by atoms with E-state index in [4.69, 9.17) is 16.0 Å². The highest BCUT2D eigenvalue weighted by molar-refractivity contribution is 9.10. The highest BCUT2D eigenvalue weighted by atomic mass is 79.9. The Morgan fingerprint density at radius 2 is 1.43 bits per heavy atom. The fraction of sp³-hybridized carbons (Fsp3) is 0.0488. The lowest BCUT2D eigenvalue weighted by Crippen LogP contribution is -2.30. The number of nitrogens with one attached hydrogen (secondary N) is 3. The highest BCUT2D eigenvalue weighted by Crippen LogP contribution is 2.37. The van der Waals surface area contributed by atoms with Crippen LogP contribution in [-0.2, 0) is 9.59 Å². The van der Waals surface area contributed by atoms with Crippen LogP contribution in [0.25, 0.3) is 17.4 Å². The first-order valence-electron chi connectivity index (χ1n) is 15.9. The van der Waals surface area contributed by atoms with Crippen LogP contribution in [0, 0.1) is 6.92 Å². The molecule has 254 valence electrons. The maximum atomic E-state index is 13.6. The fourth-order valence-corrected chi connectivity index (χ4v) is 6.48. The lowest BCUT2D eigenvalue weighted by molar-refractivity contribution is -0.116. The molecule has 0 saturated heterocycles. The molecule has 1 aromatic heterocycles. The number of hydrogen-bond acceptors (Lipinski definition) is 5. The van der Waals surface area contributed by atoms with E-state index in [-0.39, 0.29) is 11.6 Å². The Kier molecular flexibility index (Phi) is 11.5. The number of carbonyl (C=O) groups is 3. The molecule has 5 aromatic carbocycles. The van der Waals surface area contributed by atoms with Crippen LogP contribution in [0.1, 0.15) is 32.5 Å². The van der Waals surface area contributed by atoms with Gasteiger partial charge in [0.1, 0.15) is 22.5 Å². The van der Waals surface area contributed by atoms with Crippen molar-refractivity contribution in [2.45, 2.75) is 17.1 Å². The summed E-state index contributed by atoms with van der Waals surface area (Å²) in [5.74, 6) is -0.188. The van der Waals surface area contributed by atoms with Crippen molar-refractivity contribution in [2.75, 3.05) is 10.6 Å². The molecule has 10 heteroatoms. The predicted molar refractivity (Wildman–Crippen MR) is 209 cm³/mol. The van der Waals surface area contributed by atoms with E-state index in [1.54, 1.807) is 54.6 Å². The molecule has 6 aromatic rings. The second-order valence-corrected chi connectivity index (χ2v) is 13.9. The second kappa shape index (κ2) is 16.6. The van der Waals surface area contributed by atoms with E-state index in [0.29, 0.717) is 33.5 Å². The number of aryl methyl sites for hydroxylation is 1. The van der Waals surface area contributed by atoms with E-state index in [0.717, 1.165) is 26.1 Å². The van der Waals surface area contributed by atoms with Crippen LogP contribution >= 0.6 is 39.3 Å². The summed E-state index contributed by atoms with van der Waals surface area (Å²) in [6.07, 6.45) is 1.49. The maximum Gasteiger partial charge on any atom is 0.272 e. The van der Waals surface area contributed by atoms with Gasteiger partial charge in [-0.15, -0.1) is 11.8 Å². The van der Waals surface area contributed by atoms with Gasteiger partial charge >= 0.3 is 0 Å². The topological polar surface area (TPSA) is 100 Å². The predicted octanol–water partition coefficient (Wildman–Crippen LogP) is 10.6. The van der Waals surface area contributed by atoms with Gasteiger partial charge in [0, 0.05) is 43.0 Å². The molecule has 7 nitrogen and oxygen atoms in total. The number of thioether (sulfide) groups is 1. The maximum absolute atomic E-state index is 13.6. The Labute approximate surface area is 313 Å². The molecule has 0 aliphatic rings. The van der Waals surface area contributed by atoms with Gasteiger partial charge in [-0.05, 0) is 90.8 Å². The van der Waals surface area contributed by atoms with Gasteiger partial charge in [-0.2, -0.15) is 0 Å². The lowest BCUT2D eigenvalue weighted by atomic mass is 10.1. The fourth-order valence-electron chi connectivity index (χ4n) is 5.01. The van der Waals surface area contributed by atoms with E-state index in [1.807, 2.05) is 91.9 Å². The summed E-state index contributed by atoms with van der Waals surface area (Å²) in [7, 11) is 0. The molecule has 0 saturated carbocycles. The molecule has 0 aliphatic heterocycles. The monoisotopic (exact) mass is 775 g/mol. The zero-order valence-electron chi connectivity index (χ0n) is 27.2. The van der Waals surface area contributed by atoms with Crippen LogP contribution in [0.4, 0.5) is 11.4 Å². The summed E-state index contributed by atoms with van der Waals surface area (Å²) in [6.45, 7) is 1.90. The molecular weight excluding hydrogens is 746 g/mol. The average molecular weight is 777 g/mol. The number of benzene rings is 5. The Hall–Kier alpha value is -5.35. The van der Waals surface area contributed by atoms with Gasteiger partial charge in [0.25, 0.3) is 11.8 Å². The second-order valence-electron chi connectivity index (χ2n) is 11.4. The largest absolute Gasteiger partial charge is 0.457 e. The molecule has 3 N–H and O–H groups in total. The Balaban J connectivity index is 1.20. The van der Waals surface area contributed by atoms with Gasteiger partial charge in [0.15, 0.2) is 0 Å². The Morgan fingerprint density at radius 1 is 0.765 bits per heavy atom. The van der Waals surface area contributed by atoms with Crippen LogP contribution in [0.15, 0.2) is 159 Å². The van der Waals surface area contributed by atoms with Crippen molar-refractivity contribution in [1.29, 1.82) is 0 Å². The van der Waals surface area contributed by atoms with Gasteiger partial charge in [-0.1, -0.05) is 94.3 Å². The van der Waals surface area contributed by atoms with Crippen molar-refractivity contribution in [3.8, 4) is 11.3 Å². The quantitative estimate of drug-likeness (QED) is 0.0899. The SMILES string of the molecule is Cc1ccc(NC(=O)[C@@H](Sc2ccc(NC(=O)/C(=C/c3ccc(-c4ccc(Br)cc4)o3)NC(=O)c3ccccc3)cc2)c2ccccc2)cc1Cl. The minimum absolute atomic E-state index is 0.00367. The zero-order valence-corrected chi connectivity index (χ0v) is 30.4. The Morgan fingerprint density at radius 3 is 2.12 bits per heavy atom. The van der Waals surface area contributed by atoms with Crippen molar-refractivity contribution in [2.24, 2.45) is 0 Å². The summed E-state index contributed by atoms with van der Waals surface area (Å²) < 4.78 is 6.96. The number of furan rings is 1. The molecule has 0 aliphatic carbocycles. The number of hydrogen-bond donors (Lipinski definition) is 3. The number of halogens is 2. The molecule has 1 heterocycles. The van der Waals surface area contributed by atoms with Crippen LogP contribution in [-0.4, -0.2) is 17.7 Å². The van der Waals surface area contributed by atoms with Crippen molar-refractivity contribution < 1.29 is 18.8 Å². The molecule has 0 spiro atoms. The summed E-state index contributed by atoms with van der Waals surface area (Å²) in [5, 5.41) is 8.60. The molecular formula is C41H31BrClN3O4S. The molecule has 0 fully saturated rings. The number of amides is 3. The zero-order chi connectivity index (χ0) is 35.7. The highest BCUT2D eigenvalue weighted by Gasteiger charge is 2.23. The minimum Gasteiger partial charge on any atom is -0.457 e. The summed E-state index contributed by atoms with van der Waals surface area (Å²) >= 11 is 11.1. The standard InChI is InChI=1S/C41H31BrClN3O4S/c1-26-12-17-32(24-35(26)43)45-41(49)38(28-8-4-2-5-9-28)51-34-21-18-31(19-22-34)44-40(48)36(46-39(47)29-10-6-3-7-11-29)25-33-20-23-37(50-33)27-13-15-30(42)16-14-27/h2-25,38H,1H3,(H,44,48)(H,45,49)(H,46,47)/b36-25-/t38-/m0/s1. The van der Waals surface area contributed by atoms with Gasteiger partial charge < -0.3 is 20.4 Å². The molecule has 6 rings (SSSR count). The van der Waals surface area contributed by atoms with Crippen molar-refractivity contribution >= 4 is 74.5 Å². The van der Waals surface area contributed by atoms with Gasteiger partial charge in [0.05, 0.1) is 0 Å². The van der Waals surface area contributed by atoms with Crippen molar-refractivity contribution in [1.82, 2.24) is 5.32 Å². The molecule has 3 amide bonds. The molecule has 0 radical (unpaired) electrons. The van der Waals surface area contributed by atoms with Gasteiger partial charge in [0.2, 0.25) is 5.91 Å². The van der Waals surface area contributed by atoms with E-state index in [2.05, 4.69) is 31.9 Å². The summed E-state index contributed by atoms with van der Waals surface area (Å²) in [4.78, 5) is 41.1. The third-order valence-corrected chi connectivity index (χ3v) is 9.92. The average Bonchev–Trinajstić information content (AvgIpc) is 3.62. The van der Waals surface area contributed by atoms with E-state index < -0.39 is 17.1 Å². The third kappa shape index (κ3) is 9.46. The van der Waals surface area contributed by atoms with Gasteiger partial charge in [-0.3, -0.25) is 14.4 Å². The van der Waals surface area contributed by atoms with Crippen LogP contribution in [0.5, 0.6) is 0 Å². The molecule has 51 heavy (non-hydrogen) atoms. The van der Waals surface area contributed by atoms with E-state index >= 15 is 0 Å². The van der Waals surface area contributed by atoms with Crippen molar-refractivity contribution in [3.05, 3.63) is 177 Å².